The van der Waals surface area contributed by atoms with Crippen LogP contribution in [0.1, 0.15) is 11.3 Å². The molecule has 2 heterocycles. The highest BCUT2D eigenvalue weighted by atomic mass is 14.7. The third-order valence-corrected chi connectivity index (χ3v) is 4.06. The molecule has 21 heavy (non-hydrogen) atoms. The van der Waals surface area contributed by atoms with Crippen LogP contribution in [-0.4, -0.2) is 9.97 Å². The lowest BCUT2D eigenvalue weighted by Crippen LogP contribution is -2.20. The Hall–Kier alpha value is -2.74. The predicted octanol–water partition coefficient (Wildman–Crippen LogP) is 3.20. The number of aromatic nitrogens is 2. The SMILES string of the molecule is C=c1[nH]c2ccccc2/c1=C\c1c(C)[nH]c2ccccc12. The minimum atomic E-state index is 0.959. The van der Waals surface area contributed by atoms with E-state index in [0.717, 1.165) is 10.9 Å². The molecule has 0 aliphatic carbocycles. The van der Waals surface area contributed by atoms with E-state index in [0.29, 0.717) is 0 Å². The summed E-state index contributed by atoms with van der Waals surface area (Å²) in [6.07, 6.45) is 2.23. The number of fused-ring (bicyclic) bond motifs is 2. The summed E-state index contributed by atoms with van der Waals surface area (Å²) in [6.45, 7) is 6.27. The van der Waals surface area contributed by atoms with Crippen LogP contribution < -0.4 is 10.6 Å². The van der Waals surface area contributed by atoms with Gasteiger partial charge in [0.25, 0.3) is 0 Å². The number of aromatic amines is 2. The van der Waals surface area contributed by atoms with Gasteiger partial charge in [0.1, 0.15) is 0 Å². The molecule has 0 unspecified atom stereocenters. The Labute approximate surface area is 122 Å². The summed E-state index contributed by atoms with van der Waals surface area (Å²) in [5.74, 6) is 0. The van der Waals surface area contributed by atoms with E-state index >= 15 is 0 Å². The van der Waals surface area contributed by atoms with E-state index in [1.807, 2.05) is 6.07 Å². The Balaban J connectivity index is 2.12. The third-order valence-electron chi connectivity index (χ3n) is 4.06. The van der Waals surface area contributed by atoms with E-state index < -0.39 is 0 Å². The van der Waals surface area contributed by atoms with Crippen LogP contribution in [0.15, 0.2) is 48.5 Å². The number of nitrogens with one attached hydrogen (secondary N) is 2. The standard InChI is InChI=1S/C19H16N2/c1-12-16(14-7-3-5-9-18(14)20-12)11-17-13(2)21-19-10-6-4-8-15(17)19/h3-11,20-21H,1H2,2H3/b16-11-. The maximum absolute atomic E-state index is 4.15. The normalized spacial score (nSPS) is 12.5. The number of H-pyrrole nitrogens is 2. The fourth-order valence-electron chi connectivity index (χ4n) is 3.01. The van der Waals surface area contributed by atoms with Gasteiger partial charge >= 0.3 is 0 Å². The smallest absolute Gasteiger partial charge is 0.0464 e. The van der Waals surface area contributed by atoms with E-state index in [2.05, 4.69) is 72.0 Å². The lowest BCUT2D eigenvalue weighted by molar-refractivity contribution is 1.29. The summed E-state index contributed by atoms with van der Waals surface area (Å²) >= 11 is 0. The quantitative estimate of drug-likeness (QED) is 0.533. The summed E-state index contributed by atoms with van der Waals surface area (Å²) in [5, 5.41) is 4.59. The third kappa shape index (κ3) is 1.80. The molecular formula is C19H16N2. The molecule has 2 heteroatoms. The van der Waals surface area contributed by atoms with Crippen LogP contribution in [0.4, 0.5) is 0 Å². The van der Waals surface area contributed by atoms with Crippen molar-refractivity contribution in [3.05, 3.63) is 70.4 Å². The van der Waals surface area contributed by atoms with Crippen LogP contribution in [0.2, 0.25) is 0 Å². The molecule has 4 aromatic rings. The molecule has 4 rings (SSSR count). The number of hydrogen-bond donors (Lipinski definition) is 2. The average Bonchev–Trinajstić information content (AvgIpc) is 2.97. The molecule has 0 amide bonds. The highest BCUT2D eigenvalue weighted by Crippen LogP contribution is 2.22. The van der Waals surface area contributed by atoms with Gasteiger partial charge in [0, 0.05) is 43.6 Å². The highest BCUT2D eigenvalue weighted by Gasteiger charge is 2.06. The van der Waals surface area contributed by atoms with Gasteiger partial charge in [-0.2, -0.15) is 0 Å². The van der Waals surface area contributed by atoms with Gasteiger partial charge in [-0.3, -0.25) is 0 Å². The molecule has 2 aromatic heterocycles. The van der Waals surface area contributed by atoms with Crippen molar-refractivity contribution in [1.29, 1.82) is 0 Å². The Bertz CT molecular complexity index is 1060. The summed E-state index contributed by atoms with van der Waals surface area (Å²) in [6, 6.07) is 16.7. The molecule has 0 aliphatic rings. The van der Waals surface area contributed by atoms with E-state index in [1.165, 1.54) is 32.8 Å². The minimum Gasteiger partial charge on any atom is -0.358 e. The van der Waals surface area contributed by atoms with Gasteiger partial charge in [0.05, 0.1) is 0 Å². The van der Waals surface area contributed by atoms with Crippen molar-refractivity contribution in [1.82, 2.24) is 9.97 Å². The Morgan fingerprint density at radius 3 is 2.24 bits per heavy atom. The average molecular weight is 272 g/mol. The molecule has 0 saturated carbocycles. The molecule has 0 radical (unpaired) electrons. The fourth-order valence-corrected chi connectivity index (χ4v) is 3.01. The zero-order valence-corrected chi connectivity index (χ0v) is 11.9. The van der Waals surface area contributed by atoms with Crippen molar-refractivity contribution in [3.63, 3.8) is 0 Å². The first-order valence-corrected chi connectivity index (χ1v) is 7.09. The van der Waals surface area contributed by atoms with Gasteiger partial charge in [-0.25, -0.2) is 0 Å². The summed E-state index contributed by atoms with van der Waals surface area (Å²) in [5.41, 5.74) is 4.72. The van der Waals surface area contributed by atoms with Crippen molar-refractivity contribution >= 4 is 34.5 Å². The first-order valence-electron chi connectivity index (χ1n) is 7.09. The van der Waals surface area contributed by atoms with E-state index in [-0.39, 0.29) is 0 Å². The topological polar surface area (TPSA) is 31.6 Å². The van der Waals surface area contributed by atoms with Gasteiger partial charge < -0.3 is 9.97 Å². The lowest BCUT2D eigenvalue weighted by atomic mass is 10.1. The fraction of sp³-hybridized carbons (Fsp3) is 0.0526. The Morgan fingerprint density at radius 2 is 1.48 bits per heavy atom. The molecule has 0 saturated heterocycles. The molecule has 0 aliphatic heterocycles. The molecule has 0 atom stereocenters. The molecular weight excluding hydrogens is 256 g/mol. The molecule has 2 nitrogen and oxygen atoms in total. The highest BCUT2D eigenvalue weighted by molar-refractivity contribution is 5.92. The van der Waals surface area contributed by atoms with Gasteiger partial charge in [-0.05, 0) is 25.1 Å². The van der Waals surface area contributed by atoms with Crippen molar-refractivity contribution in [2.45, 2.75) is 6.92 Å². The van der Waals surface area contributed by atoms with E-state index in [4.69, 9.17) is 0 Å². The number of rotatable bonds is 1. The monoisotopic (exact) mass is 272 g/mol. The molecule has 2 aromatic carbocycles. The van der Waals surface area contributed by atoms with Crippen LogP contribution in [-0.2, 0) is 0 Å². The number of para-hydroxylation sites is 2. The van der Waals surface area contributed by atoms with Crippen LogP contribution in [0.3, 0.4) is 0 Å². The largest absolute Gasteiger partial charge is 0.358 e. The van der Waals surface area contributed by atoms with Crippen molar-refractivity contribution < 1.29 is 0 Å². The number of aryl methyl sites for hydroxylation is 1. The van der Waals surface area contributed by atoms with Gasteiger partial charge in [0.15, 0.2) is 0 Å². The van der Waals surface area contributed by atoms with E-state index in [1.54, 1.807) is 0 Å². The van der Waals surface area contributed by atoms with Gasteiger partial charge in [0.2, 0.25) is 0 Å². The van der Waals surface area contributed by atoms with E-state index in [9.17, 15) is 0 Å². The molecule has 2 N–H and O–H groups in total. The maximum atomic E-state index is 4.15. The van der Waals surface area contributed by atoms with Crippen molar-refractivity contribution in [3.8, 4) is 0 Å². The molecule has 102 valence electrons. The first-order chi connectivity index (χ1) is 10.2. The summed E-state index contributed by atoms with van der Waals surface area (Å²) < 4.78 is 0. The molecule has 0 spiro atoms. The second-order valence-electron chi connectivity index (χ2n) is 5.42. The minimum absolute atomic E-state index is 0.959. The van der Waals surface area contributed by atoms with Gasteiger partial charge in [-0.1, -0.05) is 43.0 Å². The second-order valence-corrected chi connectivity index (χ2v) is 5.42. The van der Waals surface area contributed by atoms with Crippen LogP contribution in [0.5, 0.6) is 0 Å². The zero-order valence-electron chi connectivity index (χ0n) is 11.9. The predicted molar refractivity (Wildman–Crippen MR) is 89.7 cm³/mol. The number of benzene rings is 2. The first kappa shape index (κ1) is 12.0. The number of hydrogen-bond acceptors (Lipinski definition) is 0. The summed E-state index contributed by atoms with van der Waals surface area (Å²) in [7, 11) is 0. The van der Waals surface area contributed by atoms with Crippen molar-refractivity contribution in [2.24, 2.45) is 0 Å². The Morgan fingerprint density at radius 1 is 0.857 bits per heavy atom. The maximum Gasteiger partial charge on any atom is 0.0464 e. The zero-order chi connectivity index (χ0) is 14.4. The van der Waals surface area contributed by atoms with Crippen molar-refractivity contribution in [2.75, 3.05) is 0 Å². The molecule has 0 fully saturated rings. The van der Waals surface area contributed by atoms with Crippen LogP contribution in [0.25, 0.3) is 34.5 Å². The molecule has 0 bridgehead atoms. The summed E-state index contributed by atoms with van der Waals surface area (Å²) in [4.78, 5) is 6.80. The van der Waals surface area contributed by atoms with Crippen LogP contribution in [0, 0.1) is 6.92 Å². The van der Waals surface area contributed by atoms with Crippen LogP contribution >= 0.6 is 0 Å². The Kier molecular flexibility index (Phi) is 2.51. The second kappa shape index (κ2) is 4.38. The van der Waals surface area contributed by atoms with Gasteiger partial charge in [-0.15, -0.1) is 0 Å². The lowest BCUT2D eigenvalue weighted by Gasteiger charge is -1.93.